The first-order chi connectivity index (χ1) is 12.5. The quantitative estimate of drug-likeness (QED) is 0.666. The summed E-state index contributed by atoms with van der Waals surface area (Å²) in [4.78, 5) is 28.4. The van der Waals surface area contributed by atoms with Crippen LogP contribution in [0.15, 0.2) is 40.4 Å². The van der Waals surface area contributed by atoms with E-state index in [1.807, 2.05) is 24.6 Å². The number of aryl methyl sites for hydroxylation is 2. The van der Waals surface area contributed by atoms with Gasteiger partial charge in [0.15, 0.2) is 5.13 Å². The number of thiophene rings is 1. The second-order valence-corrected chi connectivity index (χ2v) is 7.56. The largest absolute Gasteiger partial charge is 0.351 e. The molecule has 0 aliphatic rings. The summed E-state index contributed by atoms with van der Waals surface area (Å²) in [6, 6.07) is 7.98. The van der Waals surface area contributed by atoms with Gasteiger partial charge in [0.05, 0.1) is 5.69 Å². The number of benzene rings is 1. The maximum absolute atomic E-state index is 12.1. The molecule has 2 heterocycles. The molecule has 0 fully saturated rings. The highest BCUT2D eigenvalue weighted by molar-refractivity contribution is 7.14. The van der Waals surface area contributed by atoms with Crippen LogP contribution >= 0.6 is 22.7 Å². The third kappa shape index (κ3) is 4.56. The monoisotopic (exact) mass is 385 g/mol. The molecule has 0 saturated carbocycles. The summed E-state index contributed by atoms with van der Waals surface area (Å²) in [5.74, 6) is -0.331. The van der Waals surface area contributed by atoms with E-state index in [1.165, 1.54) is 28.2 Å². The number of hydrogen-bond donors (Lipinski definition) is 2. The second kappa shape index (κ2) is 8.25. The van der Waals surface area contributed by atoms with Crippen molar-refractivity contribution < 1.29 is 9.59 Å². The van der Waals surface area contributed by atoms with Crippen LogP contribution in [0.25, 0.3) is 11.3 Å². The number of hydrogen-bond acceptors (Lipinski definition) is 5. The zero-order chi connectivity index (χ0) is 18.5. The van der Waals surface area contributed by atoms with Crippen LogP contribution in [0.1, 0.15) is 27.9 Å². The van der Waals surface area contributed by atoms with Gasteiger partial charge in [-0.15, -0.1) is 11.3 Å². The summed E-state index contributed by atoms with van der Waals surface area (Å²) < 4.78 is 0. The molecular formula is C19H19N3O2S2. The predicted octanol–water partition coefficient (Wildman–Crippen LogP) is 4.25. The van der Waals surface area contributed by atoms with Crippen molar-refractivity contribution in [3.05, 3.63) is 57.1 Å². The Labute approximate surface area is 160 Å². The molecule has 3 aromatic rings. The van der Waals surface area contributed by atoms with E-state index in [2.05, 4.69) is 33.8 Å². The van der Waals surface area contributed by atoms with E-state index in [4.69, 9.17) is 0 Å². The van der Waals surface area contributed by atoms with Gasteiger partial charge in [0, 0.05) is 34.9 Å². The lowest BCUT2D eigenvalue weighted by molar-refractivity contribution is -0.116. The zero-order valence-electron chi connectivity index (χ0n) is 14.5. The van der Waals surface area contributed by atoms with Gasteiger partial charge in [-0.2, -0.15) is 11.3 Å². The molecule has 7 heteroatoms. The van der Waals surface area contributed by atoms with Crippen LogP contribution in [0.4, 0.5) is 5.13 Å². The van der Waals surface area contributed by atoms with Crippen LogP contribution < -0.4 is 10.6 Å². The lowest BCUT2D eigenvalue weighted by Gasteiger charge is -2.05. The van der Waals surface area contributed by atoms with Crippen molar-refractivity contribution >= 4 is 39.6 Å². The van der Waals surface area contributed by atoms with E-state index in [0.29, 0.717) is 10.7 Å². The SMILES string of the molecule is Cc1ccc(C)c(-c2csc(NC(=O)CCNC(=O)c3ccsc3)n2)c1. The molecule has 2 aromatic heterocycles. The minimum absolute atomic E-state index is 0.162. The third-order valence-electron chi connectivity index (χ3n) is 3.84. The number of nitrogens with zero attached hydrogens (tertiary/aromatic N) is 1. The van der Waals surface area contributed by atoms with Gasteiger partial charge in [0.1, 0.15) is 0 Å². The first kappa shape index (κ1) is 18.3. The molecule has 0 spiro atoms. The number of thiazole rings is 1. The van der Waals surface area contributed by atoms with Gasteiger partial charge in [-0.3, -0.25) is 9.59 Å². The molecular weight excluding hydrogens is 366 g/mol. The van der Waals surface area contributed by atoms with Crippen molar-refractivity contribution in [1.82, 2.24) is 10.3 Å². The average Bonchev–Trinajstić information content (AvgIpc) is 3.29. The molecule has 0 bridgehead atoms. The number of rotatable bonds is 6. The molecule has 0 unspecified atom stereocenters. The highest BCUT2D eigenvalue weighted by atomic mass is 32.1. The van der Waals surface area contributed by atoms with Gasteiger partial charge in [0.25, 0.3) is 5.91 Å². The normalized spacial score (nSPS) is 10.5. The molecule has 134 valence electrons. The molecule has 0 aliphatic carbocycles. The topological polar surface area (TPSA) is 71.1 Å². The molecule has 0 aliphatic heterocycles. The molecule has 2 amide bonds. The molecule has 0 radical (unpaired) electrons. The molecule has 2 N–H and O–H groups in total. The van der Waals surface area contributed by atoms with Crippen LogP contribution in [-0.2, 0) is 4.79 Å². The maximum Gasteiger partial charge on any atom is 0.252 e. The number of carbonyl (C=O) groups excluding carboxylic acids is 2. The summed E-state index contributed by atoms with van der Waals surface area (Å²) in [6.07, 6.45) is 0.203. The fourth-order valence-electron chi connectivity index (χ4n) is 2.43. The Morgan fingerprint density at radius 2 is 2.00 bits per heavy atom. The van der Waals surface area contributed by atoms with Crippen LogP contribution in [-0.4, -0.2) is 23.3 Å². The van der Waals surface area contributed by atoms with Crippen molar-refractivity contribution in [2.24, 2.45) is 0 Å². The maximum atomic E-state index is 12.1. The van der Waals surface area contributed by atoms with E-state index >= 15 is 0 Å². The minimum Gasteiger partial charge on any atom is -0.351 e. The highest BCUT2D eigenvalue weighted by Gasteiger charge is 2.11. The molecule has 5 nitrogen and oxygen atoms in total. The number of amides is 2. The first-order valence-electron chi connectivity index (χ1n) is 8.16. The van der Waals surface area contributed by atoms with E-state index in [-0.39, 0.29) is 24.8 Å². The average molecular weight is 386 g/mol. The summed E-state index contributed by atoms with van der Waals surface area (Å²) in [5.41, 5.74) is 4.87. The van der Waals surface area contributed by atoms with Gasteiger partial charge in [-0.1, -0.05) is 17.7 Å². The van der Waals surface area contributed by atoms with E-state index < -0.39 is 0 Å². The second-order valence-electron chi connectivity index (χ2n) is 5.92. The third-order valence-corrected chi connectivity index (χ3v) is 5.28. The van der Waals surface area contributed by atoms with Crippen LogP contribution in [0.5, 0.6) is 0 Å². The minimum atomic E-state index is -0.169. The summed E-state index contributed by atoms with van der Waals surface area (Å²) in [6.45, 7) is 4.38. The number of carbonyl (C=O) groups is 2. The fourth-order valence-corrected chi connectivity index (χ4v) is 3.80. The van der Waals surface area contributed by atoms with Gasteiger partial charge >= 0.3 is 0 Å². The van der Waals surface area contributed by atoms with Gasteiger partial charge < -0.3 is 10.6 Å². The highest BCUT2D eigenvalue weighted by Crippen LogP contribution is 2.28. The van der Waals surface area contributed by atoms with Gasteiger partial charge in [-0.05, 0) is 36.9 Å². The van der Waals surface area contributed by atoms with E-state index in [9.17, 15) is 9.59 Å². The Morgan fingerprint density at radius 1 is 1.15 bits per heavy atom. The van der Waals surface area contributed by atoms with Crippen molar-refractivity contribution in [1.29, 1.82) is 0 Å². The molecule has 3 rings (SSSR count). The zero-order valence-corrected chi connectivity index (χ0v) is 16.2. The number of aromatic nitrogens is 1. The Kier molecular flexibility index (Phi) is 5.80. The van der Waals surface area contributed by atoms with Crippen LogP contribution in [0.3, 0.4) is 0 Å². The Bertz CT molecular complexity index is 917. The lowest BCUT2D eigenvalue weighted by atomic mass is 10.0. The van der Waals surface area contributed by atoms with Crippen molar-refractivity contribution in [3.8, 4) is 11.3 Å². The number of nitrogens with one attached hydrogen (secondary N) is 2. The van der Waals surface area contributed by atoms with Crippen LogP contribution in [0.2, 0.25) is 0 Å². The fraction of sp³-hybridized carbons (Fsp3) is 0.211. The summed E-state index contributed by atoms with van der Waals surface area (Å²) in [5, 5.41) is 11.7. The Balaban J connectivity index is 1.53. The molecule has 0 atom stereocenters. The van der Waals surface area contributed by atoms with Gasteiger partial charge in [-0.25, -0.2) is 4.98 Å². The van der Waals surface area contributed by atoms with Crippen molar-refractivity contribution in [2.75, 3.05) is 11.9 Å². The van der Waals surface area contributed by atoms with Crippen molar-refractivity contribution in [3.63, 3.8) is 0 Å². The lowest BCUT2D eigenvalue weighted by Crippen LogP contribution is -2.27. The Hall–Kier alpha value is -2.51. The smallest absolute Gasteiger partial charge is 0.252 e. The number of anilines is 1. The van der Waals surface area contributed by atoms with Crippen molar-refractivity contribution in [2.45, 2.75) is 20.3 Å². The summed E-state index contributed by atoms with van der Waals surface area (Å²) >= 11 is 2.86. The van der Waals surface area contributed by atoms with E-state index in [0.717, 1.165) is 16.8 Å². The Morgan fingerprint density at radius 3 is 2.77 bits per heavy atom. The predicted molar refractivity (Wildman–Crippen MR) is 107 cm³/mol. The summed E-state index contributed by atoms with van der Waals surface area (Å²) in [7, 11) is 0. The first-order valence-corrected chi connectivity index (χ1v) is 9.98. The standard InChI is InChI=1S/C19H19N3O2S2/c1-12-3-4-13(2)15(9-12)16-11-26-19(21-16)22-17(23)5-7-20-18(24)14-6-8-25-10-14/h3-4,6,8-11H,5,7H2,1-2H3,(H,20,24)(H,21,22,23). The van der Waals surface area contributed by atoms with Gasteiger partial charge in [0.2, 0.25) is 5.91 Å². The van der Waals surface area contributed by atoms with E-state index in [1.54, 1.807) is 11.4 Å². The van der Waals surface area contributed by atoms with Crippen LogP contribution in [0, 0.1) is 13.8 Å². The molecule has 0 saturated heterocycles. The molecule has 26 heavy (non-hydrogen) atoms. The molecule has 1 aromatic carbocycles.